The lowest BCUT2D eigenvalue weighted by Crippen LogP contribution is -2.49. The maximum Gasteiger partial charge on any atom is 0.227 e. The zero-order valence-corrected chi connectivity index (χ0v) is 18.2. The molecule has 2 heterocycles. The predicted molar refractivity (Wildman–Crippen MR) is 126 cm³/mol. The van der Waals surface area contributed by atoms with Crippen LogP contribution in [0.2, 0.25) is 0 Å². The number of hydrogen-bond acceptors (Lipinski definition) is 4. The van der Waals surface area contributed by atoms with E-state index in [4.69, 9.17) is 4.98 Å². The molecule has 1 saturated heterocycles. The van der Waals surface area contributed by atoms with Crippen molar-refractivity contribution in [2.45, 2.75) is 20.3 Å². The van der Waals surface area contributed by atoms with E-state index in [2.05, 4.69) is 55.1 Å². The monoisotopic (exact) mass is 415 g/mol. The molecule has 4 aromatic rings. The van der Waals surface area contributed by atoms with E-state index in [0.717, 1.165) is 42.4 Å². The lowest BCUT2D eigenvalue weighted by Gasteiger charge is -2.34. The summed E-state index contributed by atoms with van der Waals surface area (Å²) < 4.78 is 1.27. The maximum absolute atomic E-state index is 13.0. The summed E-state index contributed by atoms with van der Waals surface area (Å²) in [4.78, 5) is 22.2. The van der Waals surface area contributed by atoms with Crippen LogP contribution in [-0.2, 0) is 11.2 Å². The van der Waals surface area contributed by atoms with Crippen LogP contribution in [0, 0.1) is 13.8 Å². The van der Waals surface area contributed by atoms with Gasteiger partial charge in [0.2, 0.25) is 5.91 Å². The molecule has 0 atom stereocenters. The van der Waals surface area contributed by atoms with Crippen molar-refractivity contribution < 1.29 is 4.79 Å². The van der Waals surface area contributed by atoms with Crippen LogP contribution in [-0.4, -0.2) is 42.0 Å². The summed E-state index contributed by atoms with van der Waals surface area (Å²) in [5, 5.41) is 3.43. The van der Waals surface area contributed by atoms with Gasteiger partial charge in [0.25, 0.3) is 0 Å². The third-order valence-electron chi connectivity index (χ3n) is 5.93. The van der Waals surface area contributed by atoms with Crippen molar-refractivity contribution in [1.82, 2.24) is 9.88 Å². The molecule has 0 N–H and O–H groups in total. The second kappa shape index (κ2) is 7.73. The fraction of sp³-hybridized carbons (Fsp3) is 0.280. The van der Waals surface area contributed by atoms with Gasteiger partial charge in [0.05, 0.1) is 16.6 Å². The van der Waals surface area contributed by atoms with Gasteiger partial charge in [-0.2, -0.15) is 0 Å². The highest BCUT2D eigenvalue weighted by atomic mass is 32.1. The molecule has 1 aromatic heterocycles. The van der Waals surface area contributed by atoms with Crippen molar-refractivity contribution in [2.75, 3.05) is 31.1 Å². The largest absolute Gasteiger partial charge is 0.345 e. The first kappa shape index (κ1) is 19.1. The molecule has 0 bridgehead atoms. The molecule has 0 radical (unpaired) electrons. The summed E-state index contributed by atoms with van der Waals surface area (Å²) in [7, 11) is 0. The molecule has 1 aliphatic rings. The Hall–Kier alpha value is -2.92. The molecular weight excluding hydrogens is 390 g/mol. The van der Waals surface area contributed by atoms with Gasteiger partial charge in [-0.05, 0) is 47.4 Å². The van der Waals surface area contributed by atoms with Crippen LogP contribution in [0.3, 0.4) is 0 Å². The van der Waals surface area contributed by atoms with Crippen LogP contribution in [0.5, 0.6) is 0 Å². The van der Waals surface area contributed by atoms with Crippen LogP contribution in [0.25, 0.3) is 21.0 Å². The van der Waals surface area contributed by atoms with E-state index in [9.17, 15) is 4.79 Å². The average molecular weight is 416 g/mol. The number of aromatic nitrogens is 1. The first-order valence-electron chi connectivity index (χ1n) is 10.5. The van der Waals surface area contributed by atoms with Gasteiger partial charge >= 0.3 is 0 Å². The molecular formula is C25H25N3OS. The Morgan fingerprint density at radius 3 is 2.60 bits per heavy atom. The molecule has 1 amide bonds. The van der Waals surface area contributed by atoms with Crippen molar-refractivity contribution in [1.29, 1.82) is 0 Å². The smallest absolute Gasteiger partial charge is 0.227 e. The quantitative estimate of drug-likeness (QED) is 0.475. The van der Waals surface area contributed by atoms with Gasteiger partial charge in [0, 0.05) is 26.2 Å². The van der Waals surface area contributed by atoms with Crippen LogP contribution in [0.1, 0.15) is 16.7 Å². The molecule has 152 valence electrons. The minimum atomic E-state index is 0.210. The zero-order chi connectivity index (χ0) is 20.7. The van der Waals surface area contributed by atoms with Crippen LogP contribution in [0.4, 0.5) is 5.13 Å². The molecule has 0 unspecified atom stereocenters. The second-order valence-electron chi connectivity index (χ2n) is 8.11. The van der Waals surface area contributed by atoms with Gasteiger partial charge in [-0.25, -0.2) is 4.98 Å². The number of nitrogens with zero attached hydrogens (tertiary/aromatic N) is 3. The Bertz CT molecular complexity index is 1230. The molecule has 3 aromatic carbocycles. The van der Waals surface area contributed by atoms with Crippen LogP contribution < -0.4 is 4.90 Å². The van der Waals surface area contributed by atoms with Gasteiger partial charge < -0.3 is 9.80 Å². The predicted octanol–water partition coefficient (Wildman–Crippen LogP) is 4.96. The van der Waals surface area contributed by atoms with Gasteiger partial charge in [0.1, 0.15) is 0 Å². The zero-order valence-electron chi connectivity index (χ0n) is 17.4. The molecule has 5 rings (SSSR count). The number of aryl methyl sites for hydroxylation is 2. The van der Waals surface area contributed by atoms with Gasteiger partial charge in [-0.1, -0.05) is 59.9 Å². The van der Waals surface area contributed by atoms with E-state index in [1.807, 2.05) is 23.1 Å². The standard InChI is InChI=1S/C25H25N3OS/c1-17-14-18(2)24-22(15-17)26-25(30-24)28-12-10-27(11-13-28)23(29)16-20-8-5-7-19-6-3-4-9-21(19)20/h3-9,14-15H,10-13,16H2,1-2H3. The fourth-order valence-corrected chi connectivity index (χ4v) is 5.44. The highest BCUT2D eigenvalue weighted by molar-refractivity contribution is 7.22. The SMILES string of the molecule is Cc1cc(C)c2sc(N3CCN(C(=O)Cc4cccc5ccccc45)CC3)nc2c1. The van der Waals surface area contributed by atoms with E-state index >= 15 is 0 Å². The van der Waals surface area contributed by atoms with Crippen molar-refractivity contribution >= 4 is 43.4 Å². The molecule has 1 fully saturated rings. The number of fused-ring (bicyclic) bond motifs is 2. The average Bonchev–Trinajstić information content (AvgIpc) is 3.18. The lowest BCUT2D eigenvalue weighted by molar-refractivity contribution is -0.130. The molecule has 4 nitrogen and oxygen atoms in total. The molecule has 30 heavy (non-hydrogen) atoms. The molecule has 0 spiro atoms. The van der Waals surface area contributed by atoms with Crippen molar-refractivity contribution in [3.8, 4) is 0 Å². The number of anilines is 1. The van der Waals surface area contributed by atoms with E-state index in [1.54, 1.807) is 11.3 Å². The van der Waals surface area contributed by atoms with Gasteiger partial charge in [-0.15, -0.1) is 0 Å². The number of piperazine rings is 1. The van der Waals surface area contributed by atoms with Crippen molar-refractivity contribution in [3.63, 3.8) is 0 Å². The minimum absolute atomic E-state index is 0.210. The summed E-state index contributed by atoms with van der Waals surface area (Å²) in [5.41, 5.74) is 4.73. The first-order chi connectivity index (χ1) is 14.6. The first-order valence-corrected chi connectivity index (χ1v) is 11.3. The topological polar surface area (TPSA) is 36.4 Å². The Morgan fingerprint density at radius 1 is 1.00 bits per heavy atom. The third kappa shape index (κ3) is 3.54. The molecule has 0 aliphatic carbocycles. The summed E-state index contributed by atoms with van der Waals surface area (Å²) in [5.74, 6) is 0.210. The number of carbonyl (C=O) groups is 1. The van der Waals surface area contributed by atoms with Gasteiger partial charge in [0.15, 0.2) is 5.13 Å². The fourth-order valence-electron chi connectivity index (χ4n) is 4.37. The highest BCUT2D eigenvalue weighted by Crippen LogP contribution is 2.32. The van der Waals surface area contributed by atoms with E-state index < -0.39 is 0 Å². The van der Waals surface area contributed by atoms with Gasteiger partial charge in [-0.3, -0.25) is 4.79 Å². The summed E-state index contributed by atoms with van der Waals surface area (Å²) >= 11 is 1.76. The summed E-state index contributed by atoms with van der Waals surface area (Å²) in [6.07, 6.45) is 0.459. The molecule has 5 heteroatoms. The normalized spacial score (nSPS) is 14.6. The summed E-state index contributed by atoms with van der Waals surface area (Å²) in [6, 6.07) is 18.9. The number of rotatable bonds is 3. The van der Waals surface area contributed by atoms with E-state index in [0.29, 0.717) is 6.42 Å². The third-order valence-corrected chi connectivity index (χ3v) is 7.20. The highest BCUT2D eigenvalue weighted by Gasteiger charge is 2.23. The Balaban J connectivity index is 1.28. The van der Waals surface area contributed by atoms with E-state index in [-0.39, 0.29) is 5.91 Å². The number of thiazole rings is 1. The number of amides is 1. The second-order valence-corrected chi connectivity index (χ2v) is 9.09. The minimum Gasteiger partial charge on any atom is -0.345 e. The van der Waals surface area contributed by atoms with E-state index in [1.165, 1.54) is 26.6 Å². The summed E-state index contributed by atoms with van der Waals surface area (Å²) in [6.45, 7) is 7.43. The van der Waals surface area contributed by atoms with Crippen molar-refractivity contribution in [3.05, 3.63) is 71.3 Å². The lowest BCUT2D eigenvalue weighted by atomic mass is 10.0. The maximum atomic E-state index is 13.0. The number of benzene rings is 3. The Labute approximate surface area is 180 Å². The van der Waals surface area contributed by atoms with Crippen LogP contribution >= 0.6 is 11.3 Å². The number of carbonyl (C=O) groups excluding carboxylic acids is 1. The van der Waals surface area contributed by atoms with Crippen LogP contribution in [0.15, 0.2) is 54.6 Å². The van der Waals surface area contributed by atoms with Crippen molar-refractivity contribution in [2.24, 2.45) is 0 Å². The Kier molecular flexibility index (Phi) is 4.91. The molecule has 1 aliphatic heterocycles. The molecule has 0 saturated carbocycles. The number of hydrogen-bond donors (Lipinski definition) is 0. The Morgan fingerprint density at radius 2 is 1.77 bits per heavy atom.